The number of nitrogens with one attached hydrogen (secondary N) is 1. The van der Waals surface area contributed by atoms with Crippen molar-refractivity contribution in [3.8, 4) is 0 Å². The van der Waals surface area contributed by atoms with Crippen molar-refractivity contribution in [2.24, 2.45) is 0 Å². The van der Waals surface area contributed by atoms with Crippen LogP contribution in [-0.2, 0) is 6.42 Å². The maximum Gasteiger partial charge on any atom is 0.0308 e. The largest absolute Gasteiger partial charge is 0.310 e. The molecule has 0 atom stereocenters. The van der Waals surface area contributed by atoms with Crippen molar-refractivity contribution < 1.29 is 0 Å². The SMILES string of the molecule is Cc1cccc(CCN2CCCNC3(CCCC3)C2)c1. The predicted octanol–water partition coefficient (Wildman–Crippen LogP) is 3.15. The van der Waals surface area contributed by atoms with Crippen LogP contribution in [0.15, 0.2) is 24.3 Å². The number of hydrogen-bond acceptors (Lipinski definition) is 2. The molecule has 1 aromatic carbocycles. The Labute approximate surface area is 123 Å². The van der Waals surface area contributed by atoms with Gasteiger partial charge >= 0.3 is 0 Å². The third-order valence-corrected chi connectivity index (χ3v) is 5.04. The molecule has 0 radical (unpaired) electrons. The van der Waals surface area contributed by atoms with E-state index in [4.69, 9.17) is 0 Å². The first kappa shape index (κ1) is 14.1. The zero-order valence-electron chi connectivity index (χ0n) is 12.8. The monoisotopic (exact) mass is 272 g/mol. The van der Waals surface area contributed by atoms with E-state index >= 15 is 0 Å². The molecule has 0 aromatic heterocycles. The Morgan fingerprint density at radius 3 is 2.85 bits per heavy atom. The highest BCUT2D eigenvalue weighted by Crippen LogP contribution is 2.31. The van der Waals surface area contributed by atoms with Crippen LogP contribution in [0.4, 0.5) is 0 Å². The van der Waals surface area contributed by atoms with E-state index in [-0.39, 0.29) is 0 Å². The van der Waals surface area contributed by atoms with Crippen LogP contribution in [0.2, 0.25) is 0 Å². The van der Waals surface area contributed by atoms with E-state index in [0.717, 1.165) is 0 Å². The first-order valence-electron chi connectivity index (χ1n) is 8.29. The van der Waals surface area contributed by atoms with Gasteiger partial charge in [-0.2, -0.15) is 0 Å². The van der Waals surface area contributed by atoms with E-state index in [1.807, 2.05) is 0 Å². The fourth-order valence-corrected chi connectivity index (χ4v) is 3.95. The smallest absolute Gasteiger partial charge is 0.0308 e. The van der Waals surface area contributed by atoms with Gasteiger partial charge in [0, 0.05) is 18.6 Å². The summed E-state index contributed by atoms with van der Waals surface area (Å²) in [6.45, 7) is 7.14. The maximum atomic E-state index is 3.85. The zero-order chi connectivity index (χ0) is 13.8. The molecule has 1 spiro atoms. The number of benzene rings is 1. The average molecular weight is 272 g/mol. The van der Waals surface area contributed by atoms with Gasteiger partial charge in [-0.15, -0.1) is 0 Å². The van der Waals surface area contributed by atoms with Crippen LogP contribution in [0.1, 0.15) is 43.2 Å². The Morgan fingerprint density at radius 1 is 1.20 bits per heavy atom. The number of rotatable bonds is 3. The van der Waals surface area contributed by atoms with Crippen LogP contribution >= 0.6 is 0 Å². The molecule has 2 fully saturated rings. The zero-order valence-corrected chi connectivity index (χ0v) is 12.8. The van der Waals surface area contributed by atoms with E-state index < -0.39 is 0 Å². The summed E-state index contributed by atoms with van der Waals surface area (Å²) < 4.78 is 0. The van der Waals surface area contributed by atoms with E-state index in [0.29, 0.717) is 5.54 Å². The Bertz CT molecular complexity index is 435. The van der Waals surface area contributed by atoms with Gasteiger partial charge < -0.3 is 10.2 Å². The van der Waals surface area contributed by atoms with Crippen molar-refractivity contribution in [3.05, 3.63) is 35.4 Å². The highest BCUT2D eigenvalue weighted by Gasteiger charge is 2.36. The summed E-state index contributed by atoms with van der Waals surface area (Å²) in [6.07, 6.45) is 8.09. The third kappa shape index (κ3) is 3.42. The predicted molar refractivity (Wildman–Crippen MR) is 85.1 cm³/mol. The second kappa shape index (κ2) is 6.28. The summed E-state index contributed by atoms with van der Waals surface area (Å²) in [5.74, 6) is 0. The van der Waals surface area contributed by atoms with Crippen molar-refractivity contribution >= 4 is 0 Å². The lowest BCUT2D eigenvalue weighted by Gasteiger charge is -2.33. The fourth-order valence-electron chi connectivity index (χ4n) is 3.95. The molecule has 2 nitrogen and oxygen atoms in total. The summed E-state index contributed by atoms with van der Waals surface area (Å²) in [5.41, 5.74) is 3.32. The van der Waals surface area contributed by atoms with E-state index in [2.05, 4.69) is 41.4 Å². The number of aryl methyl sites for hydroxylation is 1. The molecule has 0 unspecified atom stereocenters. The van der Waals surface area contributed by atoms with Gasteiger partial charge in [0.25, 0.3) is 0 Å². The molecule has 1 aromatic rings. The molecule has 1 aliphatic heterocycles. The lowest BCUT2D eigenvalue weighted by molar-refractivity contribution is 0.212. The highest BCUT2D eigenvalue weighted by molar-refractivity contribution is 5.22. The molecule has 1 saturated carbocycles. The minimum atomic E-state index is 0.448. The van der Waals surface area contributed by atoms with Gasteiger partial charge in [0.05, 0.1) is 0 Å². The van der Waals surface area contributed by atoms with Crippen molar-refractivity contribution in [1.29, 1.82) is 0 Å². The van der Waals surface area contributed by atoms with Crippen LogP contribution < -0.4 is 5.32 Å². The third-order valence-electron chi connectivity index (χ3n) is 5.04. The van der Waals surface area contributed by atoms with Gasteiger partial charge in [0.2, 0.25) is 0 Å². The number of nitrogens with zero attached hydrogens (tertiary/aromatic N) is 1. The standard InChI is InChI=1S/C18H28N2/c1-16-6-4-7-17(14-16)8-13-20-12-5-11-19-18(15-20)9-2-3-10-18/h4,6-7,14,19H,2-3,5,8-13,15H2,1H3. The molecule has 3 rings (SSSR count). The van der Waals surface area contributed by atoms with Crippen molar-refractivity contribution in [2.75, 3.05) is 26.2 Å². The second-order valence-corrected chi connectivity index (χ2v) is 6.78. The van der Waals surface area contributed by atoms with Gasteiger partial charge in [0.15, 0.2) is 0 Å². The maximum absolute atomic E-state index is 3.85. The molecule has 110 valence electrons. The molecule has 0 amide bonds. The van der Waals surface area contributed by atoms with Crippen LogP contribution in [0.5, 0.6) is 0 Å². The minimum absolute atomic E-state index is 0.448. The Morgan fingerprint density at radius 2 is 2.05 bits per heavy atom. The van der Waals surface area contributed by atoms with Gasteiger partial charge in [-0.05, 0) is 51.3 Å². The van der Waals surface area contributed by atoms with Gasteiger partial charge in [-0.25, -0.2) is 0 Å². The molecule has 1 N–H and O–H groups in total. The van der Waals surface area contributed by atoms with Crippen LogP contribution in [0.25, 0.3) is 0 Å². The summed E-state index contributed by atoms with van der Waals surface area (Å²) >= 11 is 0. The van der Waals surface area contributed by atoms with Crippen LogP contribution in [-0.4, -0.2) is 36.6 Å². The number of hydrogen-bond donors (Lipinski definition) is 1. The first-order chi connectivity index (χ1) is 9.76. The van der Waals surface area contributed by atoms with Crippen molar-refractivity contribution in [2.45, 2.75) is 51.0 Å². The molecule has 1 saturated heterocycles. The normalized spacial score (nSPS) is 23.1. The fraction of sp³-hybridized carbons (Fsp3) is 0.667. The van der Waals surface area contributed by atoms with Crippen molar-refractivity contribution in [1.82, 2.24) is 10.2 Å². The summed E-state index contributed by atoms with van der Waals surface area (Å²) in [7, 11) is 0. The van der Waals surface area contributed by atoms with E-state index in [1.54, 1.807) is 0 Å². The lowest BCUT2D eigenvalue weighted by atomic mass is 9.97. The van der Waals surface area contributed by atoms with E-state index in [9.17, 15) is 0 Å². The van der Waals surface area contributed by atoms with Crippen LogP contribution in [0, 0.1) is 6.92 Å². The van der Waals surface area contributed by atoms with Gasteiger partial charge in [-0.3, -0.25) is 0 Å². The topological polar surface area (TPSA) is 15.3 Å². The molecular weight excluding hydrogens is 244 g/mol. The summed E-state index contributed by atoms with van der Waals surface area (Å²) in [4.78, 5) is 2.70. The highest BCUT2D eigenvalue weighted by atomic mass is 15.2. The Hall–Kier alpha value is -0.860. The molecule has 1 aliphatic carbocycles. The molecule has 1 heterocycles. The summed E-state index contributed by atoms with van der Waals surface area (Å²) in [6, 6.07) is 8.98. The van der Waals surface area contributed by atoms with Crippen LogP contribution in [0.3, 0.4) is 0 Å². The van der Waals surface area contributed by atoms with Crippen molar-refractivity contribution in [3.63, 3.8) is 0 Å². The second-order valence-electron chi connectivity index (χ2n) is 6.78. The summed E-state index contributed by atoms with van der Waals surface area (Å²) in [5, 5.41) is 3.85. The quantitative estimate of drug-likeness (QED) is 0.909. The van der Waals surface area contributed by atoms with Gasteiger partial charge in [-0.1, -0.05) is 42.7 Å². The molecule has 20 heavy (non-hydrogen) atoms. The molecular formula is C18H28N2. The molecule has 2 aliphatic rings. The minimum Gasteiger partial charge on any atom is -0.310 e. The lowest BCUT2D eigenvalue weighted by Crippen LogP contribution is -2.49. The Balaban J connectivity index is 1.58. The molecule has 2 heteroatoms. The molecule has 0 bridgehead atoms. The van der Waals surface area contributed by atoms with Gasteiger partial charge in [0.1, 0.15) is 0 Å². The average Bonchev–Trinajstić information content (AvgIpc) is 2.79. The first-order valence-corrected chi connectivity index (χ1v) is 8.29. The Kier molecular flexibility index (Phi) is 4.42. The van der Waals surface area contributed by atoms with E-state index in [1.165, 1.54) is 75.8 Å².